The number of aromatic amines is 1. The maximum Gasteiger partial charge on any atom is 0.417 e. The standard InChI is InChI=1S/C13H14N2O3/c1-14-7-13(4-5-13)11(16)8-2-3-9-10(6-8)18-12(17)15-9/h2-3,6,14H,4-5,7H2,1H3,(H,15,17). The summed E-state index contributed by atoms with van der Waals surface area (Å²) in [4.78, 5) is 26.0. The summed E-state index contributed by atoms with van der Waals surface area (Å²) in [5, 5.41) is 3.06. The minimum absolute atomic E-state index is 0.127. The molecule has 0 atom stereocenters. The summed E-state index contributed by atoms with van der Waals surface area (Å²) < 4.78 is 4.97. The van der Waals surface area contributed by atoms with E-state index in [4.69, 9.17) is 4.42 Å². The zero-order valence-corrected chi connectivity index (χ0v) is 10.1. The Morgan fingerprint density at radius 2 is 2.28 bits per heavy atom. The molecule has 5 heteroatoms. The van der Waals surface area contributed by atoms with Gasteiger partial charge in [-0.2, -0.15) is 0 Å². The second-order valence-electron chi connectivity index (χ2n) is 4.87. The molecule has 1 fully saturated rings. The first kappa shape index (κ1) is 11.2. The molecule has 0 spiro atoms. The number of aromatic nitrogens is 1. The van der Waals surface area contributed by atoms with E-state index in [1.165, 1.54) is 0 Å². The van der Waals surface area contributed by atoms with E-state index in [1.54, 1.807) is 18.2 Å². The highest BCUT2D eigenvalue weighted by Gasteiger charge is 2.49. The number of carbonyl (C=O) groups is 1. The number of ketones is 1. The quantitative estimate of drug-likeness (QED) is 0.797. The van der Waals surface area contributed by atoms with Crippen molar-refractivity contribution in [2.24, 2.45) is 5.41 Å². The van der Waals surface area contributed by atoms with Gasteiger partial charge in [0.15, 0.2) is 11.4 Å². The van der Waals surface area contributed by atoms with E-state index in [-0.39, 0.29) is 11.2 Å². The molecule has 2 N–H and O–H groups in total. The molecule has 3 rings (SSSR count). The topological polar surface area (TPSA) is 75.1 Å². The summed E-state index contributed by atoms with van der Waals surface area (Å²) in [6.45, 7) is 0.695. The van der Waals surface area contributed by atoms with Gasteiger partial charge >= 0.3 is 5.76 Å². The second-order valence-corrected chi connectivity index (χ2v) is 4.87. The second kappa shape index (κ2) is 3.81. The molecular weight excluding hydrogens is 232 g/mol. The Balaban J connectivity index is 1.99. The van der Waals surface area contributed by atoms with Crippen LogP contribution in [-0.4, -0.2) is 24.4 Å². The van der Waals surface area contributed by atoms with Crippen LogP contribution >= 0.6 is 0 Å². The Labute approximate surface area is 103 Å². The van der Waals surface area contributed by atoms with Crippen LogP contribution in [0.4, 0.5) is 0 Å². The van der Waals surface area contributed by atoms with Gasteiger partial charge in [-0.15, -0.1) is 0 Å². The number of carbonyl (C=O) groups excluding carboxylic acids is 1. The fourth-order valence-electron chi connectivity index (χ4n) is 2.37. The molecule has 1 aromatic heterocycles. The maximum absolute atomic E-state index is 12.4. The molecule has 1 aliphatic carbocycles. The van der Waals surface area contributed by atoms with Crippen molar-refractivity contribution in [2.45, 2.75) is 12.8 Å². The summed E-state index contributed by atoms with van der Waals surface area (Å²) in [6.07, 6.45) is 1.84. The van der Waals surface area contributed by atoms with E-state index in [0.717, 1.165) is 12.8 Å². The van der Waals surface area contributed by atoms with Crippen LogP contribution in [0.25, 0.3) is 11.1 Å². The first-order valence-corrected chi connectivity index (χ1v) is 5.97. The molecule has 1 aromatic carbocycles. The smallest absolute Gasteiger partial charge is 0.408 e. The highest BCUT2D eigenvalue weighted by Crippen LogP contribution is 2.47. The summed E-state index contributed by atoms with van der Waals surface area (Å²) in [7, 11) is 1.85. The third kappa shape index (κ3) is 1.67. The average Bonchev–Trinajstić information content (AvgIpc) is 3.02. The van der Waals surface area contributed by atoms with Gasteiger partial charge < -0.3 is 9.73 Å². The number of fused-ring (bicyclic) bond motifs is 1. The first-order chi connectivity index (χ1) is 8.64. The lowest BCUT2D eigenvalue weighted by Crippen LogP contribution is -2.27. The van der Waals surface area contributed by atoms with Crippen LogP contribution in [0.2, 0.25) is 0 Å². The van der Waals surface area contributed by atoms with Gasteiger partial charge in [-0.3, -0.25) is 9.78 Å². The first-order valence-electron chi connectivity index (χ1n) is 5.97. The van der Waals surface area contributed by atoms with Crippen LogP contribution in [0.5, 0.6) is 0 Å². The van der Waals surface area contributed by atoms with Gasteiger partial charge in [-0.25, -0.2) is 4.79 Å². The number of hydrogen-bond donors (Lipinski definition) is 2. The van der Waals surface area contributed by atoms with E-state index < -0.39 is 5.76 Å². The van der Waals surface area contributed by atoms with Crippen molar-refractivity contribution >= 4 is 16.9 Å². The van der Waals surface area contributed by atoms with Crippen LogP contribution in [0, 0.1) is 5.41 Å². The lowest BCUT2D eigenvalue weighted by atomic mass is 9.94. The molecule has 0 unspecified atom stereocenters. The molecule has 0 bridgehead atoms. The molecule has 5 nitrogen and oxygen atoms in total. The van der Waals surface area contributed by atoms with Crippen LogP contribution < -0.4 is 11.1 Å². The van der Waals surface area contributed by atoms with Crippen molar-refractivity contribution in [2.75, 3.05) is 13.6 Å². The summed E-state index contributed by atoms with van der Waals surface area (Å²) in [6, 6.07) is 5.10. The maximum atomic E-state index is 12.4. The monoisotopic (exact) mass is 246 g/mol. The third-order valence-corrected chi connectivity index (χ3v) is 3.53. The molecule has 0 amide bonds. The molecule has 1 heterocycles. The number of benzene rings is 1. The Morgan fingerprint density at radius 3 is 2.94 bits per heavy atom. The van der Waals surface area contributed by atoms with E-state index in [9.17, 15) is 9.59 Å². The summed E-state index contributed by atoms with van der Waals surface area (Å²) in [5.41, 5.74) is 1.41. The third-order valence-electron chi connectivity index (χ3n) is 3.53. The van der Waals surface area contributed by atoms with Gasteiger partial charge in [0.2, 0.25) is 0 Å². The Bertz CT molecular complexity index is 664. The molecular formula is C13H14N2O3. The fraction of sp³-hybridized carbons (Fsp3) is 0.385. The van der Waals surface area contributed by atoms with Crippen LogP contribution in [0.15, 0.2) is 27.4 Å². The average molecular weight is 246 g/mol. The van der Waals surface area contributed by atoms with Crippen LogP contribution in [-0.2, 0) is 0 Å². The summed E-state index contributed by atoms with van der Waals surface area (Å²) in [5.74, 6) is -0.367. The van der Waals surface area contributed by atoms with E-state index in [2.05, 4.69) is 10.3 Å². The predicted molar refractivity (Wildman–Crippen MR) is 66.8 cm³/mol. The Morgan fingerprint density at radius 1 is 1.50 bits per heavy atom. The van der Waals surface area contributed by atoms with Gasteiger partial charge in [0.1, 0.15) is 0 Å². The summed E-state index contributed by atoms with van der Waals surface area (Å²) >= 11 is 0. The van der Waals surface area contributed by atoms with Crippen molar-refractivity contribution < 1.29 is 9.21 Å². The number of nitrogens with one attached hydrogen (secondary N) is 2. The Kier molecular flexibility index (Phi) is 2.38. The highest BCUT2D eigenvalue weighted by atomic mass is 16.4. The van der Waals surface area contributed by atoms with Crippen LogP contribution in [0.3, 0.4) is 0 Å². The lowest BCUT2D eigenvalue weighted by molar-refractivity contribution is 0.0900. The van der Waals surface area contributed by atoms with Crippen molar-refractivity contribution in [3.8, 4) is 0 Å². The number of oxazole rings is 1. The molecule has 2 aromatic rings. The van der Waals surface area contributed by atoms with Crippen molar-refractivity contribution in [1.29, 1.82) is 0 Å². The fourth-order valence-corrected chi connectivity index (χ4v) is 2.37. The minimum Gasteiger partial charge on any atom is -0.408 e. The van der Waals surface area contributed by atoms with Gasteiger partial charge in [-0.05, 0) is 38.1 Å². The lowest BCUT2D eigenvalue weighted by Gasteiger charge is -2.12. The van der Waals surface area contributed by atoms with Crippen molar-refractivity contribution in [3.05, 3.63) is 34.3 Å². The number of rotatable bonds is 4. The SMILES string of the molecule is CNCC1(C(=O)c2ccc3[nH]c(=O)oc3c2)CC1. The number of hydrogen-bond acceptors (Lipinski definition) is 4. The van der Waals surface area contributed by atoms with E-state index >= 15 is 0 Å². The molecule has 0 radical (unpaired) electrons. The van der Waals surface area contributed by atoms with Gasteiger partial charge in [-0.1, -0.05) is 0 Å². The zero-order valence-electron chi connectivity index (χ0n) is 10.1. The molecule has 94 valence electrons. The van der Waals surface area contributed by atoms with Crippen molar-refractivity contribution in [3.63, 3.8) is 0 Å². The number of Topliss-reactive ketones (excluding diaryl/α,β-unsaturated/α-hetero) is 1. The van der Waals surface area contributed by atoms with Gasteiger partial charge in [0.25, 0.3) is 0 Å². The van der Waals surface area contributed by atoms with Gasteiger partial charge in [0, 0.05) is 17.5 Å². The minimum atomic E-state index is -0.494. The highest BCUT2D eigenvalue weighted by molar-refractivity contribution is 6.04. The van der Waals surface area contributed by atoms with E-state index in [0.29, 0.717) is 23.2 Å². The molecule has 0 saturated heterocycles. The zero-order chi connectivity index (χ0) is 12.8. The van der Waals surface area contributed by atoms with Crippen LogP contribution in [0.1, 0.15) is 23.2 Å². The molecule has 1 aliphatic rings. The largest absolute Gasteiger partial charge is 0.417 e. The predicted octanol–water partition coefficient (Wildman–Crippen LogP) is 1.30. The normalized spacial score (nSPS) is 16.9. The van der Waals surface area contributed by atoms with E-state index in [1.807, 2.05) is 7.05 Å². The number of H-pyrrole nitrogens is 1. The molecule has 18 heavy (non-hydrogen) atoms. The van der Waals surface area contributed by atoms with Gasteiger partial charge in [0.05, 0.1) is 5.52 Å². The Hall–Kier alpha value is -1.88. The van der Waals surface area contributed by atoms with Crippen molar-refractivity contribution in [1.82, 2.24) is 10.3 Å². The molecule has 1 saturated carbocycles. The molecule has 0 aliphatic heterocycles.